The molecule has 112 valence electrons. The summed E-state index contributed by atoms with van der Waals surface area (Å²) in [6, 6.07) is 7.42. The van der Waals surface area contributed by atoms with Crippen LogP contribution in [0.2, 0.25) is 0 Å². The van der Waals surface area contributed by atoms with E-state index in [4.69, 9.17) is 14.2 Å². The molecule has 20 heavy (non-hydrogen) atoms. The first-order chi connectivity index (χ1) is 9.64. The van der Waals surface area contributed by atoms with Crippen molar-refractivity contribution in [1.82, 2.24) is 5.32 Å². The number of hydrogen-bond acceptors (Lipinski definition) is 5. The molecular weight excluding hydrogens is 258 g/mol. The molecule has 0 heterocycles. The van der Waals surface area contributed by atoms with Crippen LogP contribution in [0.4, 0.5) is 0 Å². The molecule has 0 aliphatic rings. The van der Waals surface area contributed by atoms with Crippen LogP contribution in [-0.2, 0) is 19.8 Å². The van der Waals surface area contributed by atoms with Crippen LogP contribution < -0.4 is 10.1 Å². The van der Waals surface area contributed by atoms with Crippen molar-refractivity contribution in [2.24, 2.45) is 0 Å². The Morgan fingerprint density at radius 2 is 1.85 bits per heavy atom. The van der Waals surface area contributed by atoms with Crippen molar-refractivity contribution in [3.05, 3.63) is 29.8 Å². The minimum atomic E-state index is -0.862. The second-order valence-electron chi connectivity index (χ2n) is 4.40. The predicted molar refractivity (Wildman–Crippen MR) is 76.9 cm³/mol. The van der Waals surface area contributed by atoms with E-state index in [2.05, 4.69) is 5.32 Å². The maximum atomic E-state index is 12.3. The summed E-state index contributed by atoms with van der Waals surface area (Å²) in [6.45, 7) is 3.03. The highest BCUT2D eigenvalue weighted by Gasteiger charge is 2.39. The highest BCUT2D eigenvalue weighted by atomic mass is 16.5. The fourth-order valence-corrected chi connectivity index (χ4v) is 2.18. The lowest BCUT2D eigenvalue weighted by Crippen LogP contribution is -2.50. The highest BCUT2D eigenvalue weighted by molar-refractivity contribution is 5.82. The van der Waals surface area contributed by atoms with E-state index >= 15 is 0 Å². The van der Waals surface area contributed by atoms with Gasteiger partial charge in [0.25, 0.3) is 0 Å². The molecular formula is C15H23NO4. The predicted octanol–water partition coefficient (Wildman–Crippen LogP) is 1.71. The summed E-state index contributed by atoms with van der Waals surface area (Å²) in [5, 5.41) is 3.25. The van der Waals surface area contributed by atoms with E-state index in [0.717, 1.165) is 11.3 Å². The van der Waals surface area contributed by atoms with Gasteiger partial charge in [0.15, 0.2) is 0 Å². The summed E-state index contributed by atoms with van der Waals surface area (Å²) in [7, 11) is 4.63. The normalized spacial score (nSPS) is 13.6. The lowest BCUT2D eigenvalue weighted by atomic mass is 9.87. The molecule has 1 unspecified atom stereocenters. The largest absolute Gasteiger partial charge is 0.497 e. The Labute approximate surface area is 120 Å². The molecule has 1 N–H and O–H groups in total. The molecule has 0 radical (unpaired) electrons. The topological polar surface area (TPSA) is 56.8 Å². The first kappa shape index (κ1) is 16.5. The molecule has 5 nitrogen and oxygen atoms in total. The third-order valence-corrected chi connectivity index (χ3v) is 3.38. The van der Waals surface area contributed by atoms with Gasteiger partial charge in [-0.2, -0.15) is 0 Å². The van der Waals surface area contributed by atoms with Crippen LogP contribution in [0.25, 0.3) is 0 Å². The Morgan fingerprint density at radius 1 is 1.20 bits per heavy atom. The van der Waals surface area contributed by atoms with Crippen LogP contribution in [0, 0.1) is 0 Å². The van der Waals surface area contributed by atoms with Crippen molar-refractivity contribution in [3.8, 4) is 5.75 Å². The van der Waals surface area contributed by atoms with Gasteiger partial charge in [0.05, 0.1) is 20.8 Å². The average Bonchev–Trinajstić information content (AvgIpc) is 2.51. The van der Waals surface area contributed by atoms with Gasteiger partial charge < -0.3 is 14.2 Å². The Morgan fingerprint density at radius 3 is 2.30 bits per heavy atom. The van der Waals surface area contributed by atoms with Crippen LogP contribution in [0.3, 0.4) is 0 Å². The van der Waals surface area contributed by atoms with Gasteiger partial charge in [-0.3, -0.25) is 5.32 Å². The quantitative estimate of drug-likeness (QED) is 0.580. The fourth-order valence-electron chi connectivity index (χ4n) is 2.18. The monoisotopic (exact) mass is 281 g/mol. The maximum absolute atomic E-state index is 12.3. The molecule has 0 saturated heterocycles. The van der Waals surface area contributed by atoms with Gasteiger partial charge in [0, 0.05) is 13.7 Å². The lowest BCUT2D eigenvalue weighted by Gasteiger charge is -2.31. The average molecular weight is 281 g/mol. The first-order valence-corrected chi connectivity index (χ1v) is 6.61. The summed E-state index contributed by atoms with van der Waals surface area (Å²) >= 11 is 0. The third kappa shape index (κ3) is 3.49. The number of nitrogens with one attached hydrogen (secondary N) is 1. The summed E-state index contributed by atoms with van der Waals surface area (Å²) in [6.07, 6.45) is 0.579. The standard InChI is InChI=1S/C15H23NO4/c1-5-15(14(17)20-4,16-10-11-18-2)12-6-8-13(19-3)9-7-12/h6-9,16H,5,10-11H2,1-4H3. The Kier molecular flexibility index (Phi) is 6.48. The summed E-state index contributed by atoms with van der Waals surface area (Å²) in [4.78, 5) is 12.3. The van der Waals surface area contributed by atoms with Gasteiger partial charge in [-0.05, 0) is 24.1 Å². The molecule has 1 aromatic carbocycles. The summed E-state index contributed by atoms with van der Waals surface area (Å²) in [5.41, 5.74) is -0.0109. The van der Waals surface area contributed by atoms with Crippen molar-refractivity contribution in [2.75, 3.05) is 34.5 Å². The number of carbonyl (C=O) groups excluding carboxylic acids is 1. The Bertz CT molecular complexity index is 418. The van der Waals surface area contributed by atoms with E-state index in [-0.39, 0.29) is 5.97 Å². The Hall–Kier alpha value is -1.59. The Balaban J connectivity index is 3.08. The van der Waals surface area contributed by atoms with E-state index < -0.39 is 5.54 Å². The summed E-state index contributed by atoms with van der Waals surface area (Å²) in [5.74, 6) is 0.446. The SMILES string of the molecule is CCC(NCCOC)(C(=O)OC)c1ccc(OC)cc1. The number of hydrogen-bond donors (Lipinski definition) is 1. The van der Waals surface area contributed by atoms with Crippen molar-refractivity contribution >= 4 is 5.97 Å². The summed E-state index contributed by atoms with van der Waals surface area (Å²) < 4.78 is 15.2. The molecule has 1 aromatic rings. The number of carbonyl (C=O) groups is 1. The molecule has 0 aromatic heterocycles. The van der Waals surface area contributed by atoms with E-state index in [0.29, 0.717) is 19.6 Å². The number of methoxy groups -OCH3 is 3. The third-order valence-electron chi connectivity index (χ3n) is 3.38. The zero-order chi connectivity index (χ0) is 15.0. The van der Waals surface area contributed by atoms with Gasteiger partial charge in [-0.1, -0.05) is 19.1 Å². The van der Waals surface area contributed by atoms with Crippen LogP contribution in [0.5, 0.6) is 5.75 Å². The second kappa shape index (κ2) is 7.87. The van der Waals surface area contributed by atoms with Crippen LogP contribution in [0.1, 0.15) is 18.9 Å². The number of benzene rings is 1. The van der Waals surface area contributed by atoms with Gasteiger partial charge >= 0.3 is 5.97 Å². The second-order valence-corrected chi connectivity index (χ2v) is 4.40. The van der Waals surface area contributed by atoms with Crippen molar-refractivity contribution in [3.63, 3.8) is 0 Å². The van der Waals surface area contributed by atoms with E-state index in [1.54, 1.807) is 14.2 Å². The maximum Gasteiger partial charge on any atom is 0.330 e. The lowest BCUT2D eigenvalue weighted by molar-refractivity contribution is -0.149. The smallest absolute Gasteiger partial charge is 0.330 e. The first-order valence-electron chi connectivity index (χ1n) is 6.61. The molecule has 0 spiro atoms. The number of rotatable bonds is 8. The highest BCUT2D eigenvalue weighted by Crippen LogP contribution is 2.28. The molecule has 0 aliphatic carbocycles. The molecule has 0 amide bonds. The van der Waals surface area contributed by atoms with E-state index in [1.165, 1.54) is 7.11 Å². The number of esters is 1. The molecule has 0 saturated carbocycles. The van der Waals surface area contributed by atoms with E-state index in [9.17, 15) is 4.79 Å². The molecule has 1 rings (SSSR count). The zero-order valence-electron chi connectivity index (χ0n) is 12.6. The van der Waals surface area contributed by atoms with Crippen molar-refractivity contribution in [1.29, 1.82) is 0 Å². The number of ether oxygens (including phenoxy) is 3. The van der Waals surface area contributed by atoms with Gasteiger partial charge in [0.2, 0.25) is 0 Å². The van der Waals surface area contributed by atoms with Crippen LogP contribution in [-0.4, -0.2) is 40.5 Å². The molecule has 0 bridgehead atoms. The van der Waals surface area contributed by atoms with Gasteiger partial charge in [-0.15, -0.1) is 0 Å². The molecule has 5 heteroatoms. The molecule has 1 atom stereocenters. The van der Waals surface area contributed by atoms with E-state index in [1.807, 2.05) is 31.2 Å². The minimum Gasteiger partial charge on any atom is -0.497 e. The van der Waals surface area contributed by atoms with Crippen LogP contribution in [0.15, 0.2) is 24.3 Å². The van der Waals surface area contributed by atoms with Gasteiger partial charge in [-0.25, -0.2) is 4.79 Å². The van der Waals surface area contributed by atoms with Gasteiger partial charge in [0.1, 0.15) is 11.3 Å². The molecule has 0 aliphatic heterocycles. The fraction of sp³-hybridized carbons (Fsp3) is 0.533. The minimum absolute atomic E-state index is 0.304. The van der Waals surface area contributed by atoms with Crippen LogP contribution >= 0.6 is 0 Å². The zero-order valence-corrected chi connectivity index (χ0v) is 12.6. The van der Waals surface area contributed by atoms with Crippen molar-refractivity contribution in [2.45, 2.75) is 18.9 Å². The molecule has 0 fully saturated rings. The van der Waals surface area contributed by atoms with Crippen molar-refractivity contribution < 1.29 is 19.0 Å².